The quantitative estimate of drug-likeness (QED) is 0.330. The lowest BCUT2D eigenvalue weighted by atomic mass is 9.79. The molecule has 0 radical (unpaired) electrons. The number of anilines is 3. The number of amides is 4. The van der Waals surface area contributed by atoms with Crippen LogP contribution in [0.2, 0.25) is 0 Å². The Balaban J connectivity index is 0.968. The van der Waals surface area contributed by atoms with E-state index in [4.69, 9.17) is 9.31 Å². The summed E-state index contributed by atoms with van der Waals surface area (Å²) in [7, 11) is -0.402. The van der Waals surface area contributed by atoms with Crippen LogP contribution in [0.25, 0.3) is 0 Å². The van der Waals surface area contributed by atoms with E-state index in [0.29, 0.717) is 29.0 Å². The van der Waals surface area contributed by atoms with Crippen LogP contribution in [0.4, 0.5) is 25.7 Å². The Morgan fingerprint density at radius 1 is 0.778 bits per heavy atom. The van der Waals surface area contributed by atoms with E-state index in [2.05, 4.69) is 21.9 Å². The summed E-state index contributed by atoms with van der Waals surface area (Å²) < 4.78 is 26.0. The number of hydrogen-bond acceptors (Lipinski definition) is 8. The number of halogens is 1. The van der Waals surface area contributed by atoms with Gasteiger partial charge in [0.15, 0.2) is 12.3 Å². The van der Waals surface area contributed by atoms with E-state index in [0.717, 1.165) is 55.9 Å². The van der Waals surface area contributed by atoms with Gasteiger partial charge in [-0.3, -0.25) is 14.5 Å². The third-order valence-electron chi connectivity index (χ3n) is 9.97. The summed E-state index contributed by atoms with van der Waals surface area (Å²) in [6.45, 7) is 12.8. The largest absolute Gasteiger partial charge is 0.494 e. The fraction of sp³-hybridized carbons (Fsp3) is 0.531. The van der Waals surface area contributed by atoms with E-state index >= 15 is 0 Å². The molecule has 0 aromatic heterocycles. The van der Waals surface area contributed by atoms with E-state index < -0.39 is 19.1 Å². The molecule has 0 N–H and O–H groups in total. The van der Waals surface area contributed by atoms with Crippen LogP contribution in [-0.2, 0) is 18.9 Å². The molecular weight excluding hydrogens is 596 g/mol. The number of hydrogen-bond donors (Lipinski definition) is 0. The number of rotatable bonds is 7. The van der Waals surface area contributed by atoms with E-state index in [1.54, 1.807) is 0 Å². The molecular formula is C32H41BFN5O5S. The van der Waals surface area contributed by atoms with Crippen molar-refractivity contribution in [3.05, 3.63) is 48.5 Å². The van der Waals surface area contributed by atoms with Crippen molar-refractivity contribution >= 4 is 59.8 Å². The Bertz CT molecular complexity index is 1400. The van der Waals surface area contributed by atoms with Crippen molar-refractivity contribution in [1.29, 1.82) is 0 Å². The minimum atomic E-state index is -0.654. The highest BCUT2D eigenvalue weighted by Crippen LogP contribution is 2.36. The zero-order valence-electron chi connectivity index (χ0n) is 26.4. The second-order valence-electron chi connectivity index (χ2n) is 13.3. The second kappa shape index (κ2) is 12.5. The van der Waals surface area contributed by atoms with Crippen molar-refractivity contribution in [2.45, 2.75) is 58.2 Å². The maximum absolute atomic E-state index is 13.2. The van der Waals surface area contributed by atoms with Gasteiger partial charge in [-0.1, -0.05) is 12.1 Å². The molecule has 0 bridgehead atoms. The molecule has 4 aliphatic heterocycles. The van der Waals surface area contributed by atoms with Crippen LogP contribution in [0.5, 0.6) is 0 Å². The van der Waals surface area contributed by atoms with Crippen LogP contribution in [-0.4, -0.2) is 91.2 Å². The van der Waals surface area contributed by atoms with Crippen molar-refractivity contribution < 1.29 is 27.6 Å². The topological polar surface area (TPSA) is 85.9 Å². The summed E-state index contributed by atoms with van der Waals surface area (Å²) in [6, 6.07) is 15.1. The molecule has 13 heteroatoms. The average molecular weight is 638 g/mol. The first-order valence-corrected chi connectivity index (χ1v) is 16.4. The predicted octanol–water partition coefficient (Wildman–Crippen LogP) is 4.24. The Morgan fingerprint density at radius 2 is 1.36 bits per heavy atom. The Labute approximate surface area is 269 Å². The highest BCUT2D eigenvalue weighted by Gasteiger charge is 2.51. The number of carbonyl (C=O) groups excluding carboxylic acids is 3. The molecule has 4 fully saturated rings. The molecule has 2 aromatic carbocycles. The zero-order valence-corrected chi connectivity index (χ0v) is 27.2. The van der Waals surface area contributed by atoms with Gasteiger partial charge in [0, 0.05) is 62.8 Å². The molecule has 4 heterocycles. The summed E-state index contributed by atoms with van der Waals surface area (Å²) in [5.74, 6) is 0.0900. The summed E-state index contributed by atoms with van der Waals surface area (Å²) in [5.41, 5.74) is 2.93. The summed E-state index contributed by atoms with van der Waals surface area (Å²) >= 11 is -0.348. The first kappa shape index (κ1) is 31.7. The molecule has 0 unspecified atom stereocenters. The second-order valence-corrected chi connectivity index (χ2v) is 13.8. The monoisotopic (exact) mass is 637 g/mol. The molecule has 45 heavy (non-hydrogen) atoms. The number of piperidine rings is 1. The van der Waals surface area contributed by atoms with Crippen LogP contribution >= 0.6 is 12.3 Å². The van der Waals surface area contributed by atoms with Crippen molar-refractivity contribution in [2.75, 3.05) is 60.5 Å². The minimum Gasteiger partial charge on any atom is -0.399 e. The maximum Gasteiger partial charge on any atom is 0.494 e. The maximum atomic E-state index is 13.2. The van der Waals surface area contributed by atoms with Gasteiger partial charge in [0.2, 0.25) is 11.8 Å². The van der Waals surface area contributed by atoms with Crippen LogP contribution in [0.15, 0.2) is 48.5 Å². The third kappa shape index (κ3) is 6.39. The number of benzene rings is 2. The minimum absolute atomic E-state index is 0.0894. The van der Waals surface area contributed by atoms with Gasteiger partial charge in [0.05, 0.1) is 17.7 Å². The van der Waals surface area contributed by atoms with Crippen molar-refractivity contribution in [1.82, 2.24) is 9.21 Å². The van der Waals surface area contributed by atoms with Crippen LogP contribution in [0.3, 0.4) is 0 Å². The highest BCUT2D eigenvalue weighted by atomic mass is 32.2. The number of urea groups is 1. The number of carbonyl (C=O) groups is 3. The first-order chi connectivity index (χ1) is 21.5. The lowest BCUT2D eigenvalue weighted by Crippen LogP contribution is -2.52. The summed E-state index contributed by atoms with van der Waals surface area (Å²) in [4.78, 5) is 45.3. The van der Waals surface area contributed by atoms with Crippen molar-refractivity contribution in [3.8, 4) is 0 Å². The third-order valence-corrected chi connectivity index (χ3v) is 10.5. The normalized spacial score (nSPS) is 22.6. The standard InChI is InChI=1S/C32H41BFN5O5S/c1-31(2)32(3,4)44-33(43-31)24-5-7-26(8-6-24)36-19-20-37(29(41)22-36)21-23-13-16-35(17-14-23)25-9-11-27(12-10-25)38-18-15-28(40)39(45-34)30(38)42/h5-12,23H,13-22H2,1-4H3. The zero-order chi connectivity index (χ0) is 31.9. The lowest BCUT2D eigenvalue weighted by molar-refractivity contribution is -0.131. The molecule has 0 aliphatic carbocycles. The van der Waals surface area contributed by atoms with Crippen molar-refractivity contribution in [2.24, 2.45) is 5.92 Å². The number of piperazine rings is 1. The number of imide groups is 1. The Kier molecular flexibility index (Phi) is 8.79. The van der Waals surface area contributed by atoms with E-state index in [1.165, 1.54) is 4.90 Å². The Hall–Kier alpha value is -3.29. The molecule has 4 aliphatic rings. The average Bonchev–Trinajstić information content (AvgIpc) is 3.25. The van der Waals surface area contributed by atoms with E-state index in [9.17, 15) is 18.3 Å². The molecule has 6 rings (SSSR count). The van der Waals surface area contributed by atoms with Crippen LogP contribution < -0.4 is 20.2 Å². The number of nitrogens with zero attached hydrogens (tertiary/aromatic N) is 5. The van der Waals surface area contributed by atoms with Gasteiger partial charge in [0.1, 0.15) is 0 Å². The molecule has 0 spiro atoms. The lowest BCUT2D eigenvalue weighted by Gasteiger charge is -2.40. The van der Waals surface area contributed by atoms with Gasteiger partial charge in [-0.2, -0.15) is 4.31 Å². The smallest absolute Gasteiger partial charge is 0.399 e. The van der Waals surface area contributed by atoms with Crippen LogP contribution in [0, 0.1) is 5.92 Å². The van der Waals surface area contributed by atoms with Gasteiger partial charge < -0.3 is 24.0 Å². The molecule has 0 atom stereocenters. The summed E-state index contributed by atoms with van der Waals surface area (Å²) in [5, 5.41) is 0. The van der Waals surface area contributed by atoms with E-state index in [1.807, 2.05) is 69.0 Å². The fourth-order valence-electron chi connectivity index (χ4n) is 6.40. The van der Waals surface area contributed by atoms with Crippen molar-refractivity contribution in [3.63, 3.8) is 0 Å². The van der Waals surface area contributed by atoms with Gasteiger partial charge in [-0.15, -0.1) is 3.89 Å². The highest BCUT2D eigenvalue weighted by molar-refractivity contribution is 7.93. The first-order valence-electron chi connectivity index (χ1n) is 15.7. The van der Waals surface area contributed by atoms with Gasteiger partial charge in [0.25, 0.3) is 0 Å². The molecule has 4 saturated heterocycles. The fourth-order valence-corrected chi connectivity index (χ4v) is 6.73. The van der Waals surface area contributed by atoms with E-state index in [-0.39, 0.29) is 42.4 Å². The molecule has 4 amide bonds. The molecule has 2 aromatic rings. The molecule has 240 valence electrons. The Morgan fingerprint density at radius 3 is 1.96 bits per heavy atom. The molecule has 0 saturated carbocycles. The van der Waals surface area contributed by atoms with Crippen LogP contribution in [0.1, 0.15) is 47.0 Å². The molecule has 10 nitrogen and oxygen atoms in total. The SMILES string of the molecule is CC1(C)OB(c2ccc(N3CCN(CC4CCN(c5ccc(N6CCC(=O)N(SF)C6=O)cc5)CC4)C(=O)C3)cc2)OC1(C)C. The van der Waals surface area contributed by atoms with Gasteiger partial charge in [-0.25, -0.2) is 4.79 Å². The predicted molar refractivity (Wildman–Crippen MR) is 175 cm³/mol. The van der Waals surface area contributed by atoms with Gasteiger partial charge in [-0.05, 0) is 88.3 Å². The summed E-state index contributed by atoms with van der Waals surface area (Å²) in [6.07, 6.45) is 2.07. The van der Waals surface area contributed by atoms with Gasteiger partial charge >= 0.3 is 13.1 Å².